The fourth-order valence-electron chi connectivity index (χ4n) is 2.37. The maximum absolute atomic E-state index is 11.3. The van der Waals surface area contributed by atoms with Crippen molar-refractivity contribution in [3.63, 3.8) is 0 Å². The molecule has 0 unspecified atom stereocenters. The highest BCUT2D eigenvalue weighted by Gasteiger charge is 2.14. The van der Waals surface area contributed by atoms with Crippen LogP contribution in [0.3, 0.4) is 0 Å². The molecule has 0 aromatic heterocycles. The van der Waals surface area contributed by atoms with Gasteiger partial charge in [0.15, 0.2) is 0 Å². The number of hydrogen-bond donors (Lipinski definition) is 1. The number of rotatable bonds is 3. The second-order valence-electron chi connectivity index (χ2n) is 5.78. The van der Waals surface area contributed by atoms with Crippen molar-refractivity contribution in [2.75, 3.05) is 0 Å². The Morgan fingerprint density at radius 1 is 0.950 bits per heavy atom. The lowest BCUT2D eigenvalue weighted by Gasteiger charge is -2.15. The van der Waals surface area contributed by atoms with Crippen LogP contribution in [0.5, 0.6) is 0 Å². The molecule has 0 aliphatic heterocycles. The van der Waals surface area contributed by atoms with E-state index in [1.165, 1.54) is 17.2 Å². The maximum atomic E-state index is 11.3. The van der Waals surface area contributed by atoms with Crippen molar-refractivity contribution in [3.8, 4) is 0 Å². The monoisotopic (exact) mass is 292 g/mol. The predicted molar refractivity (Wildman–Crippen MR) is 81.9 cm³/mol. The number of fused-ring (bicyclic) bond motifs is 1. The Labute approximate surface area is 120 Å². The Kier molecular flexibility index (Phi) is 3.89. The molecule has 20 heavy (non-hydrogen) atoms. The first kappa shape index (κ1) is 15.0. The molecular formula is C16H20O3S. The first-order valence-corrected chi connectivity index (χ1v) is 8.19. The van der Waals surface area contributed by atoms with E-state index in [4.69, 9.17) is 0 Å². The van der Waals surface area contributed by atoms with Crippen LogP contribution in [0.2, 0.25) is 0 Å². The van der Waals surface area contributed by atoms with Gasteiger partial charge in [-0.2, -0.15) is 8.42 Å². The second kappa shape index (κ2) is 5.19. The predicted octanol–water partition coefficient (Wildman–Crippen LogP) is 4.33. The van der Waals surface area contributed by atoms with Crippen molar-refractivity contribution in [1.82, 2.24) is 0 Å². The molecule has 0 aliphatic carbocycles. The van der Waals surface area contributed by atoms with Crippen LogP contribution in [-0.2, 0) is 10.1 Å². The van der Waals surface area contributed by atoms with E-state index in [9.17, 15) is 13.0 Å². The fraction of sp³-hybridized carbons (Fsp3) is 0.375. The molecule has 1 N–H and O–H groups in total. The summed E-state index contributed by atoms with van der Waals surface area (Å²) in [6, 6.07) is 8.96. The normalized spacial score (nSPS) is 12.6. The summed E-state index contributed by atoms with van der Waals surface area (Å²) in [7, 11) is -4.16. The molecule has 0 spiro atoms. The van der Waals surface area contributed by atoms with Crippen LogP contribution in [0.1, 0.15) is 50.7 Å². The van der Waals surface area contributed by atoms with Crippen LogP contribution in [0.15, 0.2) is 35.2 Å². The van der Waals surface area contributed by atoms with E-state index >= 15 is 0 Å². The van der Waals surface area contributed by atoms with Crippen molar-refractivity contribution >= 4 is 20.9 Å². The van der Waals surface area contributed by atoms with E-state index in [1.807, 2.05) is 6.07 Å². The summed E-state index contributed by atoms with van der Waals surface area (Å²) < 4.78 is 31.7. The summed E-state index contributed by atoms with van der Waals surface area (Å²) in [6.07, 6.45) is 0. The first-order valence-electron chi connectivity index (χ1n) is 6.75. The fourth-order valence-corrected chi connectivity index (χ4v) is 2.89. The molecule has 3 nitrogen and oxygen atoms in total. The summed E-state index contributed by atoms with van der Waals surface area (Å²) in [4.78, 5) is -0.0550. The zero-order valence-electron chi connectivity index (χ0n) is 12.2. The topological polar surface area (TPSA) is 54.4 Å². The third kappa shape index (κ3) is 2.86. The van der Waals surface area contributed by atoms with E-state index in [-0.39, 0.29) is 4.90 Å². The largest absolute Gasteiger partial charge is 0.294 e. The summed E-state index contributed by atoms with van der Waals surface area (Å²) in [6.45, 7) is 8.46. The van der Waals surface area contributed by atoms with E-state index in [0.717, 1.165) is 10.8 Å². The van der Waals surface area contributed by atoms with E-state index in [1.54, 1.807) is 12.1 Å². The zero-order valence-corrected chi connectivity index (χ0v) is 13.0. The highest BCUT2D eigenvalue weighted by Crippen LogP contribution is 2.31. The smallest absolute Gasteiger partial charge is 0.282 e. The molecule has 108 valence electrons. The average Bonchev–Trinajstić information content (AvgIpc) is 2.35. The second-order valence-corrected chi connectivity index (χ2v) is 7.20. The summed E-state index contributed by atoms with van der Waals surface area (Å²) in [5.41, 5.74) is 2.38. The van der Waals surface area contributed by atoms with Crippen LogP contribution in [0, 0.1) is 0 Å². The lowest BCUT2D eigenvalue weighted by molar-refractivity contribution is 0.483. The Morgan fingerprint density at radius 3 is 2.10 bits per heavy atom. The minimum Gasteiger partial charge on any atom is -0.282 e. The molecule has 0 radical (unpaired) electrons. The molecule has 0 amide bonds. The van der Waals surface area contributed by atoms with Gasteiger partial charge in [0.1, 0.15) is 0 Å². The Balaban J connectivity index is 2.80. The maximum Gasteiger partial charge on any atom is 0.294 e. The molecule has 0 aliphatic rings. The van der Waals surface area contributed by atoms with E-state index < -0.39 is 10.1 Å². The van der Waals surface area contributed by atoms with Crippen LogP contribution in [0.4, 0.5) is 0 Å². The number of benzene rings is 2. The van der Waals surface area contributed by atoms with Crippen LogP contribution >= 0.6 is 0 Å². The van der Waals surface area contributed by atoms with Gasteiger partial charge < -0.3 is 0 Å². The van der Waals surface area contributed by atoms with Crippen molar-refractivity contribution in [2.45, 2.75) is 44.4 Å². The minimum atomic E-state index is -4.16. The quantitative estimate of drug-likeness (QED) is 0.856. The molecule has 2 aromatic rings. The van der Waals surface area contributed by atoms with Crippen LogP contribution in [-0.4, -0.2) is 13.0 Å². The van der Waals surface area contributed by atoms with Crippen molar-refractivity contribution in [1.29, 1.82) is 0 Å². The van der Waals surface area contributed by atoms with Gasteiger partial charge in [0.2, 0.25) is 0 Å². The molecular weight excluding hydrogens is 272 g/mol. The molecule has 0 bridgehead atoms. The van der Waals surface area contributed by atoms with Crippen molar-refractivity contribution in [2.24, 2.45) is 0 Å². The van der Waals surface area contributed by atoms with Gasteiger partial charge in [0, 0.05) is 0 Å². The first-order chi connectivity index (χ1) is 9.20. The van der Waals surface area contributed by atoms with Gasteiger partial charge in [0.05, 0.1) is 4.90 Å². The highest BCUT2D eigenvalue weighted by atomic mass is 32.2. The van der Waals surface area contributed by atoms with Crippen LogP contribution < -0.4 is 0 Å². The lowest BCUT2D eigenvalue weighted by Crippen LogP contribution is -2.00. The van der Waals surface area contributed by atoms with Crippen LogP contribution in [0.25, 0.3) is 10.8 Å². The zero-order chi connectivity index (χ0) is 15.1. The average molecular weight is 292 g/mol. The Morgan fingerprint density at radius 2 is 1.60 bits per heavy atom. The molecule has 0 saturated carbocycles. The SMILES string of the molecule is CC(C)c1cc(C(C)C)c2ccc(S(=O)(=O)O)cc2c1. The molecule has 4 heteroatoms. The van der Waals surface area contributed by atoms with E-state index in [0.29, 0.717) is 11.8 Å². The third-order valence-corrected chi connectivity index (χ3v) is 4.41. The third-order valence-electron chi connectivity index (χ3n) is 3.56. The Bertz CT molecular complexity index is 744. The molecule has 2 aromatic carbocycles. The lowest BCUT2D eigenvalue weighted by atomic mass is 9.90. The summed E-state index contributed by atoms with van der Waals surface area (Å²) in [5, 5.41) is 1.90. The van der Waals surface area contributed by atoms with Gasteiger partial charge in [-0.05, 0) is 45.9 Å². The molecule has 0 atom stereocenters. The minimum absolute atomic E-state index is 0.0550. The van der Waals surface area contributed by atoms with Gasteiger partial charge in [-0.3, -0.25) is 4.55 Å². The molecule has 0 saturated heterocycles. The summed E-state index contributed by atoms with van der Waals surface area (Å²) in [5.74, 6) is 0.721. The highest BCUT2D eigenvalue weighted by molar-refractivity contribution is 7.85. The summed E-state index contributed by atoms with van der Waals surface area (Å²) >= 11 is 0. The Hall–Kier alpha value is -1.39. The number of hydrogen-bond acceptors (Lipinski definition) is 2. The van der Waals surface area contributed by atoms with Gasteiger partial charge in [-0.25, -0.2) is 0 Å². The van der Waals surface area contributed by atoms with Crippen molar-refractivity contribution < 1.29 is 13.0 Å². The van der Waals surface area contributed by atoms with Gasteiger partial charge in [0.25, 0.3) is 10.1 Å². The van der Waals surface area contributed by atoms with Gasteiger partial charge >= 0.3 is 0 Å². The molecule has 0 fully saturated rings. The van der Waals surface area contributed by atoms with Crippen molar-refractivity contribution in [3.05, 3.63) is 41.5 Å². The molecule has 0 heterocycles. The van der Waals surface area contributed by atoms with Gasteiger partial charge in [-0.1, -0.05) is 45.9 Å². The molecule has 2 rings (SSSR count). The van der Waals surface area contributed by atoms with Gasteiger partial charge in [-0.15, -0.1) is 0 Å². The van der Waals surface area contributed by atoms with E-state index in [2.05, 4.69) is 33.8 Å². The standard InChI is InChI=1S/C16H20O3S/c1-10(2)12-7-13-8-14(20(17,18)19)5-6-15(13)16(9-12)11(3)4/h5-11H,1-4H3,(H,17,18,19).